The molecule has 0 spiro atoms. The molecule has 0 saturated heterocycles. The molecule has 0 fully saturated rings. The summed E-state index contributed by atoms with van der Waals surface area (Å²) in [6, 6.07) is 5.31. The van der Waals surface area contributed by atoms with Gasteiger partial charge in [0.15, 0.2) is 0 Å². The number of amides is 1. The van der Waals surface area contributed by atoms with Crippen molar-refractivity contribution in [3.63, 3.8) is 0 Å². The van der Waals surface area contributed by atoms with Gasteiger partial charge in [-0.25, -0.2) is 0 Å². The van der Waals surface area contributed by atoms with Crippen LogP contribution in [0.1, 0.15) is 64.4 Å². The van der Waals surface area contributed by atoms with Crippen molar-refractivity contribution >= 4 is 19.7 Å². The SMILES string of the molecule is COCC(C)NC(=O)c1cc(N)cc(C#C[Si](C(C)C)(C(C)C)C(C)C)c1. The summed E-state index contributed by atoms with van der Waals surface area (Å²) in [5, 5.41) is 2.92. The largest absolute Gasteiger partial charge is 0.399 e. The Bertz CT molecular complexity index is 680. The summed E-state index contributed by atoms with van der Waals surface area (Å²) in [5.74, 6) is 3.21. The molecule has 1 unspecified atom stereocenters. The Labute approximate surface area is 166 Å². The second-order valence-electron chi connectivity index (χ2n) is 8.32. The fourth-order valence-corrected chi connectivity index (χ4v) is 9.29. The molecule has 1 aromatic rings. The number of rotatable bonds is 7. The van der Waals surface area contributed by atoms with Crippen molar-refractivity contribution in [2.24, 2.45) is 0 Å². The van der Waals surface area contributed by atoms with Gasteiger partial charge in [-0.1, -0.05) is 47.5 Å². The van der Waals surface area contributed by atoms with Crippen LogP contribution in [-0.2, 0) is 4.74 Å². The first-order chi connectivity index (χ1) is 12.5. The predicted octanol–water partition coefficient (Wildman–Crippen LogP) is 4.60. The van der Waals surface area contributed by atoms with Crippen LogP contribution in [0, 0.1) is 11.5 Å². The molecule has 1 rings (SSSR count). The Morgan fingerprint density at radius 2 is 1.63 bits per heavy atom. The van der Waals surface area contributed by atoms with E-state index in [1.807, 2.05) is 19.1 Å². The van der Waals surface area contributed by atoms with Crippen molar-refractivity contribution in [2.45, 2.75) is 71.1 Å². The van der Waals surface area contributed by atoms with Crippen molar-refractivity contribution in [2.75, 3.05) is 19.5 Å². The summed E-state index contributed by atoms with van der Waals surface area (Å²) in [5.41, 5.74) is 13.3. The predicted molar refractivity (Wildman–Crippen MR) is 118 cm³/mol. The second kappa shape index (κ2) is 9.96. The number of nitrogens with two attached hydrogens (primary N) is 1. The number of carbonyl (C=O) groups is 1. The van der Waals surface area contributed by atoms with Crippen LogP contribution in [0.3, 0.4) is 0 Å². The van der Waals surface area contributed by atoms with E-state index >= 15 is 0 Å². The number of hydrogen-bond acceptors (Lipinski definition) is 3. The molecule has 5 heteroatoms. The first-order valence-electron chi connectivity index (χ1n) is 9.78. The standard InChI is InChI=1S/C22H36N2O2Si/c1-15(2)27(16(3)4,17(5)6)10-9-19-11-20(13-21(23)12-19)22(25)24-18(7)14-26-8/h11-13,15-18H,14,23H2,1-8H3,(H,24,25). The number of hydrogen-bond donors (Lipinski definition) is 2. The van der Waals surface area contributed by atoms with E-state index in [1.165, 1.54) is 0 Å². The van der Waals surface area contributed by atoms with E-state index in [0.29, 0.717) is 34.5 Å². The van der Waals surface area contributed by atoms with Gasteiger partial charge in [-0.15, -0.1) is 5.54 Å². The van der Waals surface area contributed by atoms with E-state index < -0.39 is 8.07 Å². The number of anilines is 1. The third kappa shape index (κ3) is 5.85. The maximum Gasteiger partial charge on any atom is 0.251 e. The number of methoxy groups -OCH3 is 1. The lowest BCUT2D eigenvalue weighted by Gasteiger charge is -2.38. The van der Waals surface area contributed by atoms with Crippen LogP contribution < -0.4 is 11.1 Å². The molecule has 27 heavy (non-hydrogen) atoms. The van der Waals surface area contributed by atoms with Crippen LogP contribution >= 0.6 is 0 Å². The lowest BCUT2D eigenvalue weighted by atomic mass is 10.1. The van der Waals surface area contributed by atoms with Gasteiger partial charge in [0.05, 0.1) is 6.61 Å². The van der Waals surface area contributed by atoms with E-state index in [0.717, 1.165) is 5.56 Å². The molecule has 0 radical (unpaired) electrons. The van der Waals surface area contributed by atoms with Gasteiger partial charge in [-0.05, 0) is 41.7 Å². The Kier molecular flexibility index (Phi) is 8.58. The van der Waals surface area contributed by atoms with Gasteiger partial charge in [0, 0.05) is 30.0 Å². The molecule has 0 aromatic heterocycles. The third-order valence-electron chi connectivity index (χ3n) is 5.30. The van der Waals surface area contributed by atoms with Gasteiger partial charge >= 0.3 is 0 Å². The molecule has 0 heterocycles. The number of carbonyl (C=O) groups excluding carboxylic acids is 1. The van der Waals surface area contributed by atoms with Gasteiger partial charge < -0.3 is 15.8 Å². The maximum absolute atomic E-state index is 12.5. The van der Waals surface area contributed by atoms with Crippen molar-refractivity contribution in [3.8, 4) is 11.5 Å². The van der Waals surface area contributed by atoms with Gasteiger partial charge in [-0.2, -0.15) is 0 Å². The highest BCUT2D eigenvalue weighted by molar-refractivity contribution is 6.90. The molecule has 3 N–H and O–H groups in total. The van der Waals surface area contributed by atoms with Crippen LogP contribution in [0.4, 0.5) is 5.69 Å². The molecule has 0 bridgehead atoms. The van der Waals surface area contributed by atoms with Crippen molar-refractivity contribution in [3.05, 3.63) is 29.3 Å². The van der Waals surface area contributed by atoms with Crippen LogP contribution in [0.25, 0.3) is 0 Å². The van der Waals surface area contributed by atoms with Crippen LogP contribution in [-0.4, -0.2) is 33.7 Å². The molecule has 0 saturated carbocycles. The molecule has 0 aliphatic heterocycles. The Hall–Kier alpha value is -1.77. The highest BCUT2D eigenvalue weighted by Crippen LogP contribution is 2.40. The molecule has 1 aromatic carbocycles. The second-order valence-corrected chi connectivity index (χ2v) is 13.9. The van der Waals surface area contributed by atoms with Crippen LogP contribution in [0.15, 0.2) is 18.2 Å². The smallest absolute Gasteiger partial charge is 0.251 e. The topological polar surface area (TPSA) is 64.3 Å². The van der Waals surface area contributed by atoms with Gasteiger partial charge in [0.1, 0.15) is 8.07 Å². The lowest BCUT2D eigenvalue weighted by molar-refractivity contribution is 0.0905. The zero-order valence-corrected chi connectivity index (χ0v) is 19.1. The maximum atomic E-state index is 12.5. The quantitative estimate of drug-likeness (QED) is 0.407. The van der Waals surface area contributed by atoms with Gasteiger partial charge in [-0.3, -0.25) is 4.79 Å². The van der Waals surface area contributed by atoms with E-state index in [-0.39, 0.29) is 11.9 Å². The molecule has 0 aliphatic carbocycles. The van der Waals surface area contributed by atoms with E-state index in [2.05, 4.69) is 58.3 Å². The summed E-state index contributed by atoms with van der Waals surface area (Å²) < 4.78 is 5.07. The normalized spacial score (nSPS) is 12.9. The molecule has 4 nitrogen and oxygen atoms in total. The Balaban J connectivity index is 3.25. The molecule has 1 atom stereocenters. The fourth-order valence-electron chi connectivity index (χ4n) is 4.07. The van der Waals surface area contributed by atoms with Crippen LogP contribution in [0.5, 0.6) is 0 Å². The van der Waals surface area contributed by atoms with Gasteiger partial charge in [0.2, 0.25) is 0 Å². The minimum absolute atomic E-state index is 0.0682. The minimum Gasteiger partial charge on any atom is -0.399 e. The number of benzene rings is 1. The monoisotopic (exact) mass is 388 g/mol. The fraction of sp³-hybridized carbons (Fsp3) is 0.591. The average Bonchev–Trinajstić information content (AvgIpc) is 2.54. The molecule has 1 amide bonds. The third-order valence-corrected chi connectivity index (χ3v) is 11.6. The summed E-state index contributed by atoms with van der Waals surface area (Å²) >= 11 is 0. The average molecular weight is 389 g/mol. The zero-order chi connectivity index (χ0) is 20.8. The van der Waals surface area contributed by atoms with Gasteiger partial charge in [0.25, 0.3) is 5.91 Å². The highest BCUT2D eigenvalue weighted by Gasteiger charge is 2.41. The van der Waals surface area contributed by atoms with Crippen molar-refractivity contribution in [1.29, 1.82) is 0 Å². The van der Waals surface area contributed by atoms with Crippen molar-refractivity contribution in [1.82, 2.24) is 5.32 Å². The molecular weight excluding hydrogens is 352 g/mol. The highest BCUT2D eigenvalue weighted by atomic mass is 28.3. The lowest BCUT2D eigenvalue weighted by Crippen LogP contribution is -2.43. The minimum atomic E-state index is -1.83. The Morgan fingerprint density at radius 1 is 1.07 bits per heavy atom. The first-order valence-corrected chi connectivity index (χ1v) is 12.0. The van der Waals surface area contributed by atoms with E-state index in [9.17, 15) is 4.79 Å². The molecule has 150 valence electrons. The molecular formula is C22H36N2O2Si. The zero-order valence-electron chi connectivity index (χ0n) is 18.1. The number of ether oxygens (including phenoxy) is 1. The Morgan fingerprint density at radius 3 is 2.11 bits per heavy atom. The van der Waals surface area contributed by atoms with E-state index in [1.54, 1.807) is 13.2 Å². The summed E-state index contributed by atoms with van der Waals surface area (Å²) in [7, 11) is -0.212. The summed E-state index contributed by atoms with van der Waals surface area (Å²) in [6.07, 6.45) is 0. The van der Waals surface area contributed by atoms with Crippen molar-refractivity contribution < 1.29 is 9.53 Å². The number of nitrogens with one attached hydrogen (secondary N) is 1. The summed E-state index contributed by atoms with van der Waals surface area (Å²) in [6.45, 7) is 16.1. The molecule has 0 aliphatic rings. The summed E-state index contributed by atoms with van der Waals surface area (Å²) in [4.78, 5) is 12.5. The van der Waals surface area contributed by atoms with E-state index in [4.69, 9.17) is 10.5 Å². The first kappa shape index (κ1) is 23.3. The number of nitrogen functional groups attached to an aromatic ring is 1. The van der Waals surface area contributed by atoms with Crippen LogP contribution in [0.2, 0.25) is 16.6 Å².